The average Bonchev–Trinajstić information content (AvgIpc) is 2.99. The summed E-state index contributed by atoms with van der Waals surface area (Å²) < 4.78 is 6.01. The van der Waals surface area contributed by atoms with E-state index in [-0.39, 0.29) is 5.28 Å². The van der Waals surface area contributed by atoms with Gasteiger partial charge in [0.1, 0.15) is 17.0 Å². The van der Waals surface area contributed by atoms with Gasteiger partial charge in [0.05, 0.1) is 0 Å². The van der Waals surface area contributed by atoms with Crippen LogP contribution in [0, 0.1) is 0 Å². The zero-order valence-corrected chi connectivity index (χ0v) is 12.3. The van der Waals surface area contributed by atoms with Gasteiger partial charge in [-0.15, -0.1) is 0 Å². The molecule has 0 fully saturated rings. The van der Waals surface area contributed by atoms with Crippen molar-refractivity contribution in [2.24, 2.45) is 0 Å². The normalized spacial score (nSPS) is 11.0. The topological polar surface area (TPSA) is 38.9 Å². The highest BCUT2D eigenvalue weighted by Gasteiger charge is 2.15. The lowest BCUT2D eigenvalue weighted by Gasteiger charge is -2.01. The van der Waals surface area contributed by atoms with Gasteiger partial charge >= 0.3 is 0 Å². The number of hydrogen-bond donors (Lipinski definition) is 0. The summed E-state index contributed by atoms with van der Waals surface area (Å²) in [5, 5.41) is 0.215. The second kappa shape index (κ2) is 5.28. The van der Waals surface area contributed by atoms with E-state index >= 15 is 0 Å². The van der Waals surface area contributed by atoms with Gasteiger partial charge in [-0.2, -0.15) is 0 Å². The molecule has 4 heteroatoms. The number of aromatic nitrogens is 2. The number of furan rings is 1. The minimum absolute atomic E-state index is 0.215. The minimum atomic E-state index is 0.215. The Morgan fingerprint density at radius 2 is 1.41 bits per heavy atom. The van der Waals surface area contributed by atoms with Crippen molar-refractivity contribution in [3.8, 4) is 22.6 Å². The van der Waals surface area contributed by atoms with Gasteiger partial charge in [0.15, 0.2) is 5.58 Å². The molecule has 0 aliphatic rings. The summed E-state index contributed by atoms with van der Waals surface area (Å²) in [6, 6.07) is 21.6. The molecular weight excluding hydrogens is 296 g/mol. The first kappa shape index (κ1) is 13.0. The number of hydrogen-bond acceptors (Lipinski definition) is 3. The Bertz CT molecular complexity index is 933. The van der Waals surface area contributed by atoms with Crippen LogP contribution in [0.3, 0.4) is 0 Å². The van der Waals surface area contributed by atoms with Crippen LogP contribution in [0.15, 0.2) is 71.1 Å². The molecule has 0 aliphatic carbocycles. The molecule has 0 amide bonds. The number of nitrogens with zero attached hydrogens (tertiary/aromatic N) is 2. The van der Waals surface area contributed by atoms with Gasteiger partial charge in [-0.05, 0) is 11.6 Å². The summed E-state index contributed by atoms with van der Waals surface area (Å²) in [5.74, 6) is 0.754. The maximum absolute atomic E-state index is 6.07. The van der Waals surface area contributed by atoms with Crippen LogP contribution in [0.5, 0.6) is 0 Å². The molecule has 106 valence electrons. The largest absolute Gasteiger partial charge is 0.452 e. The van der Waals surface area contributed by atoms with Crippen LogP contribution in [-0.4, -0.2) is 9.97 Å². The van der Waals surface area contributed by atoms with Gasteiger partial charge < -0.3 is 4.42 Å². The number of halogens is 1. The van der Waals surface area contributed by atoms with Gasteiger partial charge in [-0.25, -0.2) is 9.97 Å². The van der Waals surface area contributed by atoms with Crippen LogP contribution in [0.25, 0.3) is 33.7 Å². The Balaban J connectivity index is 1.97. The molecule has 4 aromatic rings. The molecule has 0 saturated heterocycles. The van der Waals surface area contributed by atoms with Crippen LogP contribution in [-0.2, 0) is 0 Å². The quantitative estimate of drug-likeness (QED) is 0.477. The highest BCUT2D eigenvalue weighted by atomic mass is 35.5. The van der Waals surface area contributed by atoms with Crippen LogP contribution in [0.2, 0.25) is 5.28 Å². The molecular formula is C18H11ClN2O. The van der Waals surface area contributed by atoms with Crippen molar-refractivity contribution in [3.63, 3.8) is 0 Å². The van der Waals surface area contributed by atoms with Crippen LogP contribution in [0.1, 0.15) is 0 Å². The van der Waals surface area contributed by atoms with E-state index in [1.54, 1.807) is 0 Å². The predicted molar refractivity (Wildman–Crippen MR) is 87.7 cm³/mol. The third-order valence-corrected chi connectivity index (χ3v) is 3.62. The van der Waals surface area contributed by atoms with E-state index in [0.29, 0.717) is 16.8 Å². The number of benzene rings is 2. The first-order chi connectivity index (χ1) is 10.8. The molecule has 0 atom stereocenters. The van der Waals surface area contributed by atoms with Crippen molar-refractivity contribution in [2.45, 2.75) is 0 Å². The summed E-state index contributed by atoms with van der Waals surface area (Å²) in [5.41, 5.74) is 4.01. The molecule has 2 aromatic heterocycles. The molecule has 0 spiro atoms. The maximum Gasteiger partial charge on any atom is 0.223 e. The molecule has 0 N–H and O–H groups in total. The summed E-state index contributed by atoms with van der Waals surface area (Å²) in [6.07, 6.45) is 0. The second-order valence-corrected chi connectivity index (χ2v) is 5.24. The maximum atomic E-state index is 6.07. The van der Waals surface area contributed by atoms with E-state index in [9.17, 15) is 0 Å². The van der Waals surface area contributed by atoms with Gasteiger partial charge in [-0.3, -0.25) is 0 Å². The second-order valence-electron chi connectivity index (χ2n) is 4.90. The van der Waals surface area contributed by atoms with Gasteiger partial charge in [0.2, 0.25) is 5.28 Å². The molecule has 0 saturated carbocycles. The fourth-order valence-corrected chi connectivity index (χ4v) is 2.61. The monoisotopic (exact) mass is 306 g/mol. The molecule has 22 heavy (non-hydrogen) atoms. The third kappa shape index (κ3) is 2.26. The average molecular weight is 307 g/mol. The molecule has 3 nitrogen and oxygen atoms in total. The lowest BCUT2D eigenvalue weighted by Crippen LogP contribution is -1.88. The lowest BCUT2D eigenvalue weighted by atomic mass is 10.1. The fraction of sp³-hybridized carbons (Fsp3) is 0. The van der Waals surface area contributed by atoms with Crippen molar-refractivity contribution < 1.29 is 4.42 Å². The van der Waals surface area contributed by atoms with E-state index in [2.05, 4.69) is 9.97 Å². The van der Waals surface area contributed by atoms with Crippen molar-refractivity contribution in [2.75, 3.05) is 0 Å². The molecule has 0 bridgehead atoms. The highest BCUT2D eigenvalue weighted by Crippen LogP contribution is 2.33. The summed E-state index contributed by atoms with van der Waals surface area (Å²) in [4.78, 5) is 8.61. The van der Waals surface area contributed by atoms with Crippen LogP contribution < -0.4 is 0 Å². The Kier molecular flexibility index (Phi) is 3.13. The Morgan fingerprint density at radius 3 is 2.09 bits per heavy atom. The van der Waals surface area contributed by atoms with E-state index in [0.717, 1.165) is 16.9 Å². The molecule has 2 aromatic carbocycles. The molecule has 2 heterocycles. The lowest BCUT2D eigenvalue weighted by molar-refractivity contribution is 0.630. The van der Waals surface area contributed by atoms with Crippen molar-refractivity contribution in [1.29, 1.82) is 0 Å². The van der Waals surface area contributed by atoms with Crippen molar-refractivity contribution >= 4 is 22.7 Å². The molecule has 4 rings (SSSR count). The number of fused-ring (bicyclic) bond motifs is 1. The van der Waals surface area contributed by atoms with Crippen molar-refractivity contribution in [1.82, 2.24) is 9.97 Å². The fourth-order valence-electron chi connectivity index (χ4n) is 2.44. The third-order valence-electron chi connectivity index (χ3n) is 3.45. The van der Waals surface area contributed by atoms with Crippen molar-refractivity contribution in [3.05, 3.63) is 72.0 Å². The summed E-state index contributed by atoms with van der Waals surface area (Å²) in [6.45, 7) is 0. The SMILES string of the molecule is Clc1nc(-c2ccccc2)c2oc(-c3ccccc3)cc2n1. The Labute approximate surface area is 132 Å². The van der Waals surface area contributed by atoms with E-state index < -0.39 is 0 Å². The number of rotatable bonds is 2. The van der Waals surface area contributed by atoms with E-state index in [1.807, 2.05) is 66.7 Å². The van der Waals surface area contributed by atoms with Gasteiger partial charge in [0.25, 0.3) is 0 Å². The first-order valence-electron chi connectivity index (χ1n) is 6.89. The Hall–Kier alpha value is -2.65. The Morgan fingerprint density at radius 1 is 0.773 bits per heavy atom. The molecule has 0 unspecified atom stereocenters. The van der Waals surface area contributed by atoms with Crippen LogP contribution >= 0.6 is 11.6 Å². The minimum Gasteiger partial charge on any atom is -0.452 e. The van der Waals surface area contributed by atoms with Gasteiger partial charge in [-0.1, -0.05) is 60.7 Å². The summed E-state index contributed by atoms with van der Waals surface area (Å²) in [7, 11) is 0. The molecule has 0 radical (unpaired) electrons. The smallest absolute Gasteiger partial charge is 0.223 e. The van der Waals surface area contributed by atoms with Crippen LogP contribution in [0.4, 0.5) is 0 Å². The molecule has 0 aliphatic heterocycles. The zero-order valence-electron chi connectivity index (χ0n) is 11.5. The summed E-state index contributed by atoms with van der Waals surface area (Å²) >= 11 is 6.07. The van der Waals surface area contributed by atoms with Gasteiger partial charge in [0, 0.05) is 17.2 Å². The standard InChI is InChI=1S/C18H11ClN2O/c19-18-20-14-11-15(12-7-3-1-4-8-12)22-17(14)16(21-18)13-9-5-2-6-10-13/h1-11H. The predicted octanol–water partition coefficient (Wildman–Crippen LogP) is 5.21. The first-order valence-corrected chi connectivity index (χ1v) is 7.27. The zero-order chi connectivity index (χ0) is 14.9. The van der Waals surface area contributed by atoms with E-state index in [1.165, 1.54) is 0 Å². The highest BCUT2D eigenvalue weighted by molar-refractivity contribution is 6.28. The van der Waals surface area contributed by atoms with E-state index in [4.69, 9.17) is 16.0 Å².